The van der Waals surface area contributed by atoms with Crippen molar-refractivity contribution in [2.24, 2.45) is 5.10 Å². The van der Waals surface area contributed by atoms with Crippen LogP contribution in [0, 0.1) is 0 Å². The molecule has 0 atom stereocenters. The maximum atomic E-state index is 4.24. The van der Waals surface area contributed by atoms with Gasteiger partial charge in [-0.05, 0) is 42.3 Å². The number of hydrogen-bond acceptors (Lipinski definition) is 2. The summed E-state index contributed by atoms with van der Waals surface area (Å²) in [6.07, 6.45) is 3.31. The standard InChI is InChI=1S/C16H23N2P/c1-7-15(18-17-8-2)13-9-10-16(19(5)6)14(11-13)12(3)4/h7-12,17H,1-2H2,3-6H3/b18-15+. The fourth-order valence-corrected chi connectivity index (χ4v) is 3.14. The second-order valence-corrected chi connectivity index (χ2v) is 7.13. The van der Waals surface area contributed by atoms with Gasteiger partial charge in [-0.2, -0.15) is 5.10 Å². The second-order valence-electron chi connectivity index (χ2n) is 4.86. The van der Waals surface area contributed by atoms with E-state index < -0.39 is 0 Å². The smallest absolute Gasteiger partial charge is 0.0899 e. The molecular formula is C16H23N2P. The van der Waals surface area contributed by atoms with E-state index in [1.165, 1.54) is 10.9 Å². The minimum absolute atomic E-state index is 0.0932. The normalized spacial score (nSPS) is 11.8. The predicted molar refractivity (Wildman–Crippen MR) is 89.0 cm³/mol. The van der Waals surface area contributed by atoms with Gasteiger partial charge in [0.15, 0.2) is 0 Å². The summed E-state index contributed by atoms with van der Waals surface area (Å²) in [7, 11) is -0.0932. The average Bonchev–Trinajstić information content (AvgIpc) is 2.39. The van der Waals surface area contributed by atoms with E-state index in [0.717, 1.165) is 11.3 Å². The van der Waals surface area contributed by atoms with E-state index in [0.29, 0.717) is 5.92 Å². The lowest BCUT2D eigenvalue weighted by Gasteiger charge is -2.17. The zero-order chi connectivity index (χ0) is 14.4. The first-order valence-electron chi connectivity index (χ1n) is 6.39. The largest absolute Gasteiger partial charge is 0.286 e. The van der Waals surface area contributed by atoms with Crippen LogP contribution in [0.1, 0.15) is 30.9 Å². The van der Waals surface area contributed by atoms with E-state index in [-0.39, 0.29) is 7.92 Å². The molecule has 0 aliphatic rings. The van der Waals surface area contributed by atoms with Gasteiger partial charge in [-0.3, -0.25) is 5.43 Å². The van der Waals surface area contributed by atoms with E-state index in [1.807, 2.05) is 0 Å². The van der Waals surface area contributed by atoms with Crippen LogP contribution in [0.4, 0.5) is 0 Å². The minimum Gasteiger partial charge on any atom is -0.286 e. The number of nitrogens with one attached hydrogen (secondary N) is 1. The summed E-state index contributed by atoms with van der Waals surface area (Å²) in [5.41, 5.74) is 6.10. The van der Waals surface area contributed by atoms with Crippen molar-refractivity contribution in [3.05, 3.63) is 54.8 Å². The Hall–Kier alpha value is -1.40. The van der Waals surface area contributed by atoms with Crippen LogP contribution in [0.5, 0.6) is 0 Å². The highest BCUT2D eigenvalue weighted by Crippen LogP contribution is 2.29. The van der Waals surface area contributed by atoms with E-state index >= 15 is 0 Å². The third-order valence-corrected chi connectivity index (χ3v) is 4.27. The van der Waals surface area contributed by atoms with Gasteiger partial charge in [0.05, 0.1) is 5.71 Å². The van der Waals surface area contributed by atoms with Crippen molar-refractivity contribution in [3.63, 3.8) is 0 Å². The molecule has 1 rings (SSSR count). The number of hydrazone groups is 1. The van der Waals surface area contributed by atoms with Crippen LogP contribution in [0.2, 0.25) is 0 Å². The Kier molecular flexibility index (Phi) is 5.98. The van der Waals surface area contributed by atoms with Crippen molar-refractivity contribution in [2.45, 2.75) is 19.8 Å². The minimum atomic E-state index is -0.0932. The molecule has 0 bridgehead atoms. The fourth-order valence-electron chi connectivity index (χ4n) is 1.93. The van der Waals surface area contributed by atoms with Crippen LogP contribution in [0.25, 0.3) is 0 Å². The molecule has 1 N–H and O–H groups in total. The summed E-state index contributed by atoms with van der Waals surface area (Å²) in [5, 5.41) is 5.71. The third-order valence-electron chi connectivity index (χ3n) is 2.90. The van der Waals surface area contributed by atoms with Gasteiger partial charge in [0.25, 0.3) is 0 Å². The molecule has 0 radical (unpaired) electrons. The molecule has 0 amide bonds. The Balaban J connectivity index is 3.28. The Morgan fingerprint density at radius 3 is 2.47 bits per heavy atom. The molecule has 1 aromatic rings. The van der Waals surface area contributed by atoms with Gasteiger partial charge in [0.1, 0.15) is 0 Å². The van der Waals surface area contributed by atoms with E-state index in [9.17, 15) is 0 Å². The molecule has 19 heavy (non-hydrogen) atoms. The van der Waals surface area contributed by atoms with Gasteiger partial charge in [-0.15, -0.1) is 0 Å². The lowest BCUT2D eigenvalue weighted by Crippen LogP contribution is -2.12. The van der Waals surface area contributed by atoms with Gasteiger partial charge < -0.3 is 0 Å². The highest BCUT2D eigenvalue weighted by Gasteiger charge is 2.11. The first-order valence-corrected chi connectivity index (χ1v) is 8.63. The maximum Gasteiger partial charge on any atom is 0.0899 e. The summed E-state index contributed by atoms with van der Waals surface area (Å²) in [6.45, 7) is 16.5. The molecule has 0 unspecified atom stereocenters. The quantitative estimate of drug-likeness (QED) is 0.476. The van der Waals surface area contributed by atoms with Crippen LogP contribution in [0.15, 0.2) is 48.7 Å². The summed E-state index contributed by atoms with van der Waals surface area (Å²) < 4.78 is 0. The van der Waals surface area contributed by atoms with Gasteiger partial charge in [-0.1, -0.05) is 47.1 Å². The number of benzene rings is 1. The molecule has 0 saturated heterocycles. The van der Waals surface area contributed by atoms with Crippen molar-refractivity contribution in [1.29, 1.82) is 0 Å². The highest BCUT2D eigenvalue weighted by molar-refractivity contribution is 7.64. The molecule has 0 aliphatic heterocycles. The Morgan fingerprint density at radius 1 is 1.32 bits per heavy atom. The molecule has 3 heteroatoms. The van der Waals surface area contributed by atoms with Gasteiger partial charge >= 0.3 is 0 Å². The van der Waals surface area contributed by atoms with Crippen molar-refractivity contribution in [2.75, 3.05) is 13.3 Å². The number of rotatable bonds is 6. The fraction of sp³-hybridized carbons (Fsp3) is 0.312. The zero-order valence-electron chi connectivity index (χ0n) is 12.3. The SMILES string of the molecule is C=CN/N=C(\C=C)c1ccc(P(C)C)c(C(C)C)c1. The Labute approximate surface area is 118 Å². The summed E-state index contributed by atoms with van der Waals surface area (Å²) in [6, 6.07) is 6.58. The van der Waals surface area contributed by atoms with Crippen molar-refractivity contribution >= 4 is 18.9 Å². The molecule has 0 heterocycles. The Bertz CT molecular complexity index is 488. The average molecular weight is 274 g/mol. The molecule has 0 aliphatic carbocycles. The summed E-state index contributed by atoms with van der Waals surface area (Å²) in [4.78, 5) is 0. The van der Waals surface area contributed by atoms with Crippen molar-refractivity contribution in [1.82, 2.24) is 5.43 Å². The molecule has 0 fully saturated rings. The topological polar surface area (TPSA) is 24.4 Å². The number of allylic oxidation sites excluding steroid dienone is 1. The lowest BCUT2D eigenvalue weighted by molar-refractivity contribution is 0.873. The molecular weight excluding hydrogens is 251 g/mol. The van der Waals surface area contributed by atoms with Crippen LogP contribution >= 0.6 is 7.92 Å². The zero-order valence-corrected chi connectivity index (χ0v) is 13.2. The molecule has 1 aromatic carbocycles. The Morgan fingerprint density at radius 2 is 2.00 bits per heavy atom. The second kappa shape index (κ2) is 7.25. The van der Waals surface area contributed by atoms with Gasteiger partial charge in [-0.25, -0.2) is 0 Å². The van der Waals surface area contributed by atoms with Crippen molar-refractivity contribution < 1.29 is 0 Å². The molecule has 0 aromatic heterocycles. The first kappa shape index (κ1) is 15.7. The van der Waals surface area contributed by atoms with Crippen LogP contribution in [-0.4, -0.2) is 19.0 Å². The molecule has 0 spiro atoms. The third kappa shape index (κ3) is 4.04. The van der Waals surface area contributed by atoms with Gasteiger partial charge in [0, 0.05) is 11.8 Å². The van der Waals surface area contributed by atoms with E-state index in [1.54, 1.807) is 12.3 Å². The van der Waals surface area contributed by atoms with E-state index in [2.05, 4.69) is 69.1 Å². The molecule has 2 nitrogen and oxygen atoms in total. The maximum absolute atomic E-state index is 4.24. The molecule has 102 valence electrons. The predicted octanol–water partition coefficient (Wildman–Crippen LogP) is 3.80. The van der Waals surface area contributed by atoms with Crippen molar-refractivity contribution in [3.8, 4) is 0 Å². The van der Waals surface area contributed by atoms with Crippen LogP contribution < -0.4 is 10.7 Å². The lowest BCUT2D eigenvalue weighted by atomic mass is 9.99. The van der Waals surface area contributed by atoms with Crippen LogP contribution in [-0.2, 0) is 0 Å². The first-order chi connectivity index (χ1) is 9.01. The monoisotopic (exact) mass is 274 g/mol. The van der Waals surface area contributed by atoms with E-state index in [4.69, 9.17) is 0 Å². The summed E-state index contributed by atoms with van der Waals surface area (Å²) in [5.74, 6) is 0.512. The summed E-state index contributed by atoms with van der Waals surface area (Å²) >= 11 is 0. The number of nitrogens with zero attached hydrogens (tertiary/aromatic N) is 1. The highest BCUT2D eigenvalue weighted by atomic mass is 31.1. The molecule has 0 saturated carbocycles. The van der Waals surface area contributed by atoms with Crippen LogP contribution in [0.3, 0.4) is 0 Å². The van der Waals surface area contributed by atoms with Gasteiger partial charge in [0.2, 0.25) is 0 Å². The number of hydrogen-bond donors (Lipinski definition) is 1.